The van der Waals surface area contributed by atoms with Crippen molar-refractivity contribution in [2.24, 2.45) is 7.05 Å². The Hall–Kier alpha value is -2.66. The molecule has 2 rings (SSSR count). The van der Waals surface area contributed by atoms with Crippen LogP contribution in [0.3, 0.4) is 0 Å². The number of ether oxygens (including phenoxy) is 1. The van der Waals surface area contributed by atoms with Crippen molar-refractivity contribution in [2.75, 3.05) is 26.2 Å². The number of amides is 2. The highest BCUT2D eigenvalue weighted by Crippen LogP contribution is 2.31. The lowest BCUT2D eigenvalue weighted by molar-refractivity contribution is -0.143. The SMILES string of the molecule is Cn1nc(OCC[C@@H]2CN(C(=O)O)CCN2C(=O)O)cc1C(F)(F)F. The summed E-state index contributed by atoms with van der Waals surface area (Å²) in [5.74, 6) is -0.234. The van der Waals surface area contributed by atoms with E-state index >= 15 is 0 Å². The standard InChI is InChI=1S/C13H17F3N4O5/c1-18-9(13(14,15)16)6-10(17-18)25-5-2-8-7-19(11(21)22)3-4-20(8)12(23)24/h6,8H,2-5,7H2,1H3,(H,21,22)(H,23,24)/t8-/m1/s1. The molecular weight excluding hydrogens is 349 g/mol. The van der Waals surface area contributed by atoms with Crippen LogP contribution >= 0.6 is 0 Å². The summed E-state index contributed by atoms with van der Waals surface area (Å²) in [4.78, 5) is 24.4. The first-order valence-electron chi connectivity index (χ1n) is 7.31. The van der Waals surface area contributed by atoms with Crippen LogP contribution < -0.4 is 4.74 Å². The lowest BCUT2D eigenvalue weighted by atomic mass is 10.1. The predicted molar refractivity (Wildman–Crippen MR) is 76.4 cm³/mol. The van der Waals surface area contributed by atoms with Crippen molar-refractivity contribution >= 4 is 12.2 Å². The molecule has 1 aromatic rings. The molecule has 0 spiro atoms. The summed E-state index contributed by atoms with van der Waals surface area (Å²) in [6.45, 7) is -0.0422. The highest BCUT2D eigenvalue weighted by atomic mass is 19.4. The Morgan fingerprint density at radius 2 is 2.00 bits per heavy atom. The number of piperazine rings is 1. The molecule has 1 atom stereocenters. The predicted octanol–water partition coefficient (Wildman–Crippen LogP) is 1.55. The monoisotopic (exact) mass is 366 g/mol. The van der Waals surface area contributed by atoms with Crippen molar-refractivity contribution in [1.29, 1.82) is 0 Å². The number of halogens is 3. The summed E-state index contributed by atoms with van der Waals surface area (Å²) in [7, 11) is 1.13. The molecular formula is C13H17F3N4O5. The summed E-state index contributed by atoms with van der Waals surface area (Å²) >= 11 is 0. The fraction of sp³-hybridized carbons (Fsp3) is 0.615. The van der Waals surface area contributed by atoms with Crippen LogP contribution in [0.2, 0.25) is 0 Å². The third-order valence-electron chi connectivity index (χ3n) is 3.85. The molecule has 0 saturated carbocycles. The summed E-state index contributed by atoms with van der Waals surface area (Å²) in [6.07, 6.45) is -6.79. The van der Waals surface area contributed by atoms with Gasteiger partial charge in [-0.3, -0.25) is 4.68 Å². The number of hydrogen-bond acceptors (Lipinski definition) is 4. The molecule has 0 aliphatic carbocycles. The molecule has 1 aromatic heterocycles. The van der Waals surface area contributed by atoms with Crippen LogP contribution in [-0.2, 0) is 13.2 Å². The fourth-order valence-corrected chi connectivity index (χ4v) is 2.60. The Balaban J connectivity index is 1.96. The average molecular weight is 366 g/mol. The van der Waals surface area contributed by atoms with Gasteiger partial charge in [0.2, 0.25) is 5.88 Å². The molecule has 2 heterocycles. The number of aryl methyl sites for hydroxylation is 1. The van der Waals surface area contributed by atoms with Crippen LogP contribution in [-0.4, -0.2) is 74.3 Å². The molecule has 2 amide bonds. The zero-order chi connectivity index (χ0) is 18.8. The summed E-state index contributed by atoms with van der Waals surface area (Å²) in [5.41, 5.74) is -0.968. The van der Waals surface area contributed by atoms with Crippen molar-refractivity contribution in [3.63, 3.8) is 0 Å². The topological polar surface area (TPSA) is 108 Å². The second-order valence-electron chi connectivity index (χ2n) is 5.48. The van der Waals surface area contributed by atoms with Crippen molar-refractivity contribution in [3.05, 3.63) is 11.8 Å². The lowest BCUT2D eigenvalue weighted by Crippen LogP contribution is -2.56. The Bertz CT molecular complexity index is 648. The quantitative estimate of drug-likeness (QED) is 0.837. The van der Waals surface area contributed by atoms with Gasteiger partial charge < -0.3 is 24.7 Å². The maximum Gasteiger partial charge on any atom is 0.433 e. The van der Waals surface area contributed by atoms with Gasteiger partial charge in [-0.25, -0.2) is 9.59 Å². The van der Waals surface area contributed by atoms with E-state index < -0.39 is 30.1 Å². The Kier molecular flexibility index (Phi) is 5.28. The maximum absolute atomic E-state index is 12.7. The number of hydrogen-bond donors (Lipinski definition) is 2. The van der Waals surface area contributed by atoms with Crippen molar-refractivity contribution in [2.45, 2.75) is 18.6 Å². The first kappa shape index (κ1) is 18.7. The lowest BCUT2D eigenvalue weighted by Gasteiger charge is -2.38. The van der Waals surface area contributed by atoms with Gasteiger partial charge in [0, 0.05) is 39.2 Å². The Morgan fingerprint density at radius 3 is 2.52 bits per heavy atom. The minimum absolute atomic E-state index is 0.0219. The van der Waals surface area contributed by atoms with E-state index in [1.54, 1.807) is 0 Å². The minimum Gasteiger partial charge on any atom is -0.477 e. The molecule has 25 heavy (non-hydrogen) atoms. The van der Waals surface area contributed by atoms with Crippen LogP contribution in [0.25, 0.3) is 0 Å². The maximum atomic E-state index is 12.7. The van der Waals surface area contributed by atoms with E-state index in [1.807, 2.05) is 0 Å². The van der Waals surface area contributed by atoms with Gasteiger partial charge in [0.05, 0.1) is 12.6 Å². The van der Waals surface area contributed by atoms with Gasteiger partial charge in [-0.05, 0) is 0 Å². The van der Waals surface area contributed by atoms with Crippen LogP contribution in [0.4, 0.5) is 22.8 Å². The van der Waals surface area contributed by atoms with Crippen molar-refractivity contribution in [1.82, 2.24) is 19.6 Å². The minimum atomic E-state index is -4.56. The number of nitrogens with zero attached hydrogens (tertiary/aromatic N) is 4. The normalized spacial score (nSPS) is 18.3. The van der Waals surface area contributed by atoms with Gasteiger partial charge in [-0.2, -0.15) is 13.2 Å². The van der Waals surface area contributed by atoms with E-state index in [2.05, 4.69) is 5.10 Å². The van der Waals surface area contributed by atoms with E-state index in [-0.39, 0.29) is 38.5 Å². The average Bonchev–Trinajstić information content (AvgIpc) is 2.88. The zero-order valence-corrected chi connectivity index (χ0v) is 13.2. The number of alkyl halides is 3. The van der Waals surface area contributed by atoms with Crippen molar-refractivity contribution < 1.29 is 37.7 Å². The molecule has 0 bridgehead atoms. The molecule has 0 radical (unpaired) electrons. The van der Waals surface area contributed by atoms with Gasteiger partial charge >= 0.3 is 18.4 Å². The van der Waals surface area contributed by atoms with Gasteiger partial charge in [0.15, 0.2) is 0 Å². The van der Waals surface area contributed by atoms with Gasteiger partial charge in [0.1, 0.15) is 5.69 Å². The van der Waals surface area contributed by atoms with Gasteiger partial charge in [-0.1, -0.05) is 0 Å². The first-order valence-corrected chi connectivity index (χ1v) is 7.31. The van der Waals surface area contributed by atoms with Gasteiger partial charge in [-0.15, -0.1) is 5.10 Å². The van der Waals surface area contributed by atoms with E-state index in [0.717, 1.165) is 22.9 Å². The summed E-state index contributed by atoms with van der Waals surface area (Å²) in [5, 5.41) is 21.8. The highest BCUT2D eigenvalue weighted by molar-refractivity contribution is 5.68. The largest absolute Gasteiger partial charge is 0.477 e. The fourth-order valence-electron chi connectivity index (χ4n) is 2.60. The number of carboxylic acid groups (broad SMARTS) is 2. The van der Waals surface area contributed by atoms with E-state index in [0.29, 0.717) is 4.68 Å². The second-order valence-corrected chi connectivity index (χ2v) is 5.48. The number of carbonyl (C=O) groups is 2. The van der Waals surface area contributed by atoms with Gasteiger partial charge in [0.25, 0.3) is 0 Å². The third kappa shape index (κ3) is 4.45. The molecule has 0 unspecified atom stereocenters. The molecule has 1 fully saturated rings. The second kappa shape index (κ2) is 7.07. The molecule has 1 aliphatic rings. The smallest absolute Gasteiger partial charge is 0.433 e. The molecule has 1 saturated heterocycles. The molecule has 12 heteroatoms. The molecule has 1 aliphatic heterocycles. The highest BCUT2D eigenvalue weighted by Gasteiger charge is 2.35. The third-order valence-corrected chi connectivity index (χ3v) is 3.85. The summed E-state index contributed by atoms with van der Waals surface area (Å²) in [6, 6.07) is 0.104. The number of rotatable bonds is 4. The van der Waals surface area contributed by atoms with Crippen LogP contribution in [0.15, 0.2) is 6.07 Å². The van der Waals surface area contributed by atoms with E-state index in [1.165, 1.54) is 0 Å². The Labute approximate surface area is 140 Å². The van der Waals surface area contributed by atoms with Crippen molar-refractivity contribution in [3.8, 4) is 5.88 Å². The molecule has 2 N–H and O–H groups in total. The first-order chi connectivity index (χ1) is 11.6. The number of aromatic nitrogens is 2. The van der Waals surface area contributed by atoms with Crippen LogP contribution in [0.1, 0.15) is 12.1 Å². The van der Waals surface area contributed by atoms with Crippen LogP contribution in [0, 0.1) is 0 Å². The summed E-state index contributed by atoms with van der Waals surface area (Å²) < 4.78 is 43.9. The van der Waals surface area contributed by atoms with E-state index in [4.69, 9.17) is 14.9 Å². The Morgan fingerprint density at radius 1 is 1.32 bits per heavy atom. The molecule has 0 aromatic carbocycles. The molecule has 140 valence electrons. The van der Waals surface area contributed by atoms with Crippen LogP contribution in [0.5, 0.6) is 5.88 Å². The van der Waals surface area contributed by atoms with E-state index in [9.17, 15) is 22.8 Å². The zero-order valence-electron chi connectivity index (χ0n) is 13.2. The molecule has 9 nitrogen and oxygen atoms in total.